The molecule has 4 rings (SSSR count). The first kappa shape index (κ1) is 24.3. The predicted molar refractivity (Wildman–Crippen MR) is 133 cm³/mol. The number of hydrogen-bond donors (Lipinski definition) is 1. The molecule has 0 radical (unpaired) electrons. The van der Waals surface area contributed by atoms with Crippen molar-refractivity contribution in [2.24, 2.45) is 0 Å². The topological polar surface area (TPSA) is 82.6 Å². The molecule has 1 N–H and O–H groups in total. The minimum absolute atomic E-state index is 0.0832. The average molecular weight is 494 g/mol. The molecule has 0 spiro atoms. The fourth-order valence-corrected chi connectivity index (χ4v) is 4.24. The van der Waals surface area contributed by atoms with E-state index in [1.807, 2.05) is 55.6 Å². The van der Waals surface area contributed by atoms with E-state index in [9.17, 15) is 9.18 Å². The maximum absolute atomic E-state index is 13.8. The van der Waals surface area contributed by atoms with Crippen molar-refractivity contribution >= 4 is 22.4 Å². The van der Waals surface area contributed by atoms with Crippen LogP contribution >= 0.6 is 11.3 Å². The molecule has 0 aliphatic heterocycles. The number of benzene rings is 2. The number of amides is 1. The Morgan fingerprint density at radius 3 is 2.43 bits per heavy atom. The number of ether oxygens (including phenoxy) is 3. The van der Waals surface area contributed by atoms with Crippen molar-refractivity contribution in [1.82, 2.24) is 9.97 Å². The van der Waals surface area contributed by atoms with Gasteiger partial charge >= 0.3 is 0 Å². The first-order valence-electron chi connectivity index (χ1n) is 10.8. The van der Waals surface area contributed by atoms with E-state index in [4.69, 9.17) is 14.2 Å². The molecule has 0 bridgehead atoms. The summed E-state index contributed by atoms with van der Waals surface area (Å²) >= 11 is 1.27. The van der Waals surface area contributed by atoms with Gasteiger partial charge in [0.15, 0.2) is 10.9 Å². The number of hydrogen-bond acceptors (Lipinski definition) is 7. The van der Waals surface area contributed by atoms with Gasteiger partial charge in [0.1, 0.15) is 23.9 Å². The Balaban J connectivity index is 1.46. The van der Waals surface area contributed by atoms with Gasteiger partial charge in [-0.25, -0.2) is 9.37 Å². The third-order valence-electron chi connectivity index (χ3n) is 5.12. The zero-order chi connectivity index (χ0) is 24.8. The molecule has 0 fully saturated rings. The van der Waals surface area contributed by atoms with Crippen LogP contribution in [0.1, 0.15) is 21.5 Å². The smallest absolute Gasteiger partial charge is 0.260 e. The first-order chi connectivity index (χ1) is 16.9. The standard InChI is InChI=1S/C26H24FN3O4S/c1-16-12-20(34-19-6-4-18(5-7-19)33-11-10-32-3)13-17(2)24(16)23-15-35-26(29-23)30-25(31)21-8-9-28-14-22(21)27/h4-9,12-15H,10-11H2,1-3H3,(H,29,30,31). The van der Waals surface area contributed by atoms with E-state index >= 15 is 0 Å². The van der Waals surface area contributed by atoms with E-state index in [0.717, 1.165) is 34.3 Å². The number of thiazole rings is 1. The van der Waals surface area contributed by atoms with Gasteiger partial charge in [-0.05, 0) is 67.4 Å². The third-order valence-corrected chi connectivity index (χ3v) is 5.88. The minimum Gasteiger partial charge on any atom is -0.491 e. The highest BCUT2D eigenvalue weighted by Crippen LogP contribution is 2.34. The molecule has 0 saturated carbocycles. The number of anilines is 1. The molecule has 180 valence electrons. The summed E-state index contributed by atoms with van der Waals surface area (Å²) in [6.07, 6.45) is 2.37. The van der Waals surface area contributed by atoms with E-state index < -0.39 is 11.7 Å². The van der Waals surface area contributed by atoms with Gasteiger partial charge in [0.2, 0.25) is 0 Å². The Morgan fingerprint density at radius 2 is 1.74 bits per heavy atom. The quantitative estimate of drug-likeness (QED) is 0.287. The second-order valence-electron chi connectivity index (χ2n) is 7.69. The van der Waals surface area contributed by atoms with Crippen molar-refractivity contribution in [1.29, 1.82) is 0 Å². The number of rotatable bonds is 9. The van der Waals surface area contributed by atoms with Crippen molar-refractivity contribution in [2.45, 2.75) is 13.8 Å². The van der Waals surface area contributed by atoms with Crippen LogP contribution in [0.15, 0.2) is 60.2 Å². The number of halogens is 1. The summed E-state index contributed by atoms with van der Waals surface area (Å²) in [5, 5.41) is 4.89. The van der Waals surface area contributed by atoms with Gasteiger partial charge in [0.05, 0.1) is 24.1 Å². The molecular weight excluding hydrogens is 469 g/mol. The number of aromatic nitrogens is 2. The molecule has 0 aliphatic rings. The van der Waals surface area contributed by atoms with Gasteiger partial charge in [-0.3, -0.25) is 15.1 Å². The Morgan fingerprint density at radius 1 is 1.03 bits per heavy atom. The number of aryl methyl sites for hydroxylation is 2. The van der Waals surface area contributed by atoms with Crippen molar-refractivity contribution in [3.05, 3.63) is 82.7 Å². The molecule has 1 amide bonds. The summed E-state index contributed by atoms with van der Waals surface area (Å²) in [6.45, 7) is 4.97. The molecular formula is C26H24FN3O4S. The van der Waals surface area contributed by atoms with E-state index in [2.05, 4.69) is 15.3 Å². The summed E-state index contributed by atoms with van der Waals surface area (Å²) in [7, 11) is 1.63. The third kappa shape index (κ3) is 6.00. The molecule has 4 aromatic rings. The molecule has 0 atom stereocenters. The molecule has 9 heteroatoms. The summed E-state index contributed by atoms with van der Waals surface area (Å²) < 4.78 is 30.4. The second kappa shape index (κ2) is 11.1. The van der Waals surface area contributed by atoms with Gasteiger partial charge in [0.25, 0.3) is 5.91 Å². The Hall–Kier alpha value is -3.82. The van der Waals surface area contributed by atoms with Gasteiger partial charge in [-0.2, -0.15) is 0 Å². The highest BCUT2D eigenvalue weighted by Gasteiger charge is 2.16. The van der Waals surface area contributed by atoms with Gasteiger partial charge in [-0.15, -0.1) is 11.3 Å². The van der Waals surface area contributed by atoms with E-state index in [0.29, 0.717) is 29.8 Å². The van der Waals surface area contributed by atoms with Crippen LogP contribution in [0.25, 0.3) is 11.3 Å². The lowest BCUT2D eigenvalue weighted by atomic mass is 10.0. The van der Waals surface area contributed by atoms with Crippen LogP contribution in [0, 0.1) is 19.7 Å². The molecule has 7 nitrogen and oxygen atoms in total. The van der Waals surface area contributed by atoms with E-state index in [1.165, 1.54) is 23.6 Å². The fourth-order valence-electron chi connectivity index (χ4n) is 3.54. The number of pyridine rings is 1. The van der Waals surface area contributed by atoms with Crippen molar-refractivity contribution < 1.29 is 23.4 Å². The SMILES string of the molecule is COCCOc1ccc(Oc2cc(C)c(-c3csc(NC(=O)c4ccncc4F)n3)c(C)c2)cc1. The maximum Gasteiger partial charge on any atom is 0.260 e. The van der Waals surface area contributed by atoms with Gasteiger partial charge in [-0.1, -0.05) is 0 Å². The molecule has 0 saturated heterocycles. The average Bonchev–Trinajstić information content (AvgIpc) is 3.28. The zero-order valence-corrected chi connectivity index (χ0v) is 20.3. The Bertz CT molecular complexity index is 1300. The van der Waals surface area contributed by atoms with Crippen LogP contribution in [0.3, 0.4) is 0 Å². The number of methoxy groups -OCH3 is 1. The molecule has 2 heterocycles. The largest absolute Gasteiger partial charge is 0.491 e. The lowest BCUT2D eigenvalue weighted by Crippen LogP contribution is -2.13. The highest BCUT2D eigenvalue weighted by molar-refractivity contribution is 7.14. The maximum atomic E-state index is 13.8. The van der Waals surface area contributed by atoms with Gasteiger partial charge < -0.3 is 14.2 Å². The number of carbonyl (C=O) groups is 1. The van der Waals surface area contributed by atoms with Crippen LogP contribution < -0.4 is 14.8 Å². The Kier molecular flexibility index (Phi) is 7.69. The van der Waals surface area contributed by atoms with Crippen LogP contribution in [0.2, 0.25) is 0 Å². The molecule has 0 aliphatic carbocycles. The van der Waals surface area contributed by atoms with Crippen molar-refractivity contribution in [3.63, 3.8) is 0 Å². The van der Waals surface area contributed by atoms with Crippen LogP contribution in [0.5, 0.6) is 17.2 Å². The first-order valence-corrected chi connectivity index (χ1v) is 11.7. The molecule has 0 unspecified atom stereocenters. The second-order valence-corrected chi connectivity index (χ2v) is 8.55. The lowest BCUT2D eigenvalue weighted by Gasteiger charge is -2.13. The predicted octanol–water partition coefficient (Wildman–Crippen LogP) is 6.03. The normalized spacial score (nSPS) is 10.7. The minimum atomic E-state index is -0.683. The zero-order valence-electron chi connectivity index (χ0n) is 19.5. The monoisotopic (exact) mass is 493 g/mol. The van der Waals surface area contributed by atoms with Crippen LogP contribution in [-0.2, 0) is 4.74 Å². The van der Waals surface area contributed by atoms with E-state index in [1.54, 1.807) is 7.11 Å². The molecule has 35 heavy (non-hydrogen) atoms. The van der Waals surface area contributed by atoms with Gasteiger partial charge in [0, 0.05) is 24.3 Å². The number of nitrogens with zero attached hydrogens (tertiary/aromatic N) is 2. The van der Waals surface area contributed by atoms with Crippen molar-refractivity contribution in [2.75, 3.05) is 25.6 Å². The van der Waals surface area contributed by atoms with E-state index in [-0.39, 0.29) is 5.56 Å². The van der Waals surface area contributed by atoms with Crippen molar-refractivity contribution in [3.8, 4) is 28.5 Å². The molecule has 2 aromatic heterocycles. The summed E-state index contributed by atoms with van der Waals surface area (Å²) in [5.41, 5.74) is 3.54. The number of nitrogens with one attached hydrogen (secondary N) is 1. The lowest BCUT2D eigenvalue weighted by molar-refractivity contribution is 0.102. The summed E-state index contributed by atoms with van der Waals surface area (Å²) in [4.78, 5) is 20.6. The van der Waals surface area contributed by atoms with Crippen LogP contribution in [0.4, 0.5) is 9.52 Å². The molecule has 2 aromatic carbocycles. The summed E-state index contributed by atoms with van der Waals surface area (Å²) in [5.74, 6) is 0.886. The van der Waals surface area contributed by atoms with Crippen LogP contribution in [-0.4, -0.2) is 36.2 Å². The number of carbonyl (C=O) groups excluding carboxylic acids is 1. The summed E-state index contributed by atoms with van der Waals surface area (Å²) in [6, 6.07) is 12.6. The fraction of sp³-hybridized carbons (Fsp3) is 0.192. The Labute approximate surface area is 206 Å². The highest BCUT2D eigenvalue weighted by atomic mass is 32.1.